The fourth-order valence-electron chi connectivity index (χ4n) is 1.76. The van der Waals surface area contributed by atoms with E-state index in [9.17, 15) is 0 Å². The molecule has 21 heavy (non-hydrogen) atoms. The van der Waals surface area contributed by atoms with Crippen LogP contribution in [0.3, 0.4) is 0 Å². The van der Waals surface area contributed by atoms with E-state index in [4.69, 9.17) is 21.6 Å². The van der Waals surface area contributed by atoms with Gasteiger partial charge in [0.1, 0.15) is 0 Å². The minimum Gasteiger partial charge on any atom is -0.383 e. The minimum absolute atomic E-state index is 0.187. The van der Waals surface area contributed by atoms with Gasteiger partial charge in [0.25, 0.3) is 0 Å². The third-order valence-corrected chi connectivity index (χ3v) is 4.03. The second-order valence-electron chi connectivity index (χ2n) is 4.35. The summed E-state index contributed by atoms with van der Waals surface area (Å²) in [6, 6.07) is 9.62. The van der Waals surface area contributed by atoms with Gasteiger partial charge in [-0.15, -0.1) is 10.2 Å². The number of thioether (sulfide) groups is 1. The molecule has 1 aromatic carbocycles. The van der Waals surface area contributed by atoms with Gasteiger partial charge in [0.15, 0.2) is 11.0 Å². The lowest BCUT2D eigenvalue weighted by molar-refractivity contribution is 0.185. The van der Waals surface area contributed by atoms with Crippen LogP contribution in [0.5, 0.6) is 0 Å². The molecule has 0 amide bonds. The number of aromatic nitrogens is 3. The maximum atomic E-state index is 8.95. The highest BCUT2D eigenvalue weighted by atomic mass is 35.5. The van der Waals surface area contributed by atoms with Crippen LogP contribution in [0, 0.1) is 11.3 Å². The topological polar surface area (TPSA) is 63.7 Å². The van der Waals surface area contributed by atoms with Crippen molar-refractivity contribution in [2.75, 3.05) is 13.7 Å². The number of rotatable bonds is 6. The highest BCUT2D eigenvalue weighted by Crippen LogP contribution is 2.27. The molecular weight excluding hydrogens is 308 g/mol. The molecule has 0 aliphatic rings. The first-order valence-electron chi connectivity index (χ1n) is 6.40. The predicted octanol–water partition coefficient (Wildman–Crippen LogP) is 3.25. The Morgan fingerprint density at radius 2 is 2.10 bits per heavy atom. The van der Waals surface area contributed by atoms with Crippen molar-refractivity contribution in [2.24, 2.45) is 0 Å². The van der Waals surface area contributed by atoms with E-state index in [1.807, 2.05) is 35.8 Å². The number of hydrogen-bond donors (Lipinski definition) is 0. The molecule has 2 aromatic rings. The van der Waals surface area contributed by atoms with Gasteiger partial charge in [0.2, 0.25) is 0 Å². The fourth-order valence-corrected chi connectivity index (χ4v) is 2.64. The van der Waals surface area contributed by atoms with Gasteiger partial charge >= 0.3 is 0 Å². The number of nitriles is 1. The normalized spacial score (nSPS) is 12.1. The van der Waals surface area contributed by atoms with E-state index in [0.29, 0.717) is 23.3 Å². The van der Waals surface area contributed by atoms with E-state index in [2.05, 4.69) is 16.3 Å². The number of halogens is 1. The zero-order chi connectivity index (χ0) is 15.2. The summed E-state index contributed by atoms with van der Waals surface area (Å²) >= 11 is 7.30. The van der Waals surface area contributed by atoms with Gasteiger partial charge in [-0.2, -0.15) is 5.26 Å². The van der Waals surface area contributed by atoms with Crippen molar-refractivity contribution in [2.45, 2.75) is 23.9 Å². The van der Waals surface area contributed by atoms with E-state index >= 15 is 0 Å². The SMILES string of the molecule is COCCn1c(S[C@H](C)C#N)nnc1-c1ccc(Cl)cc1. The largest absolute Gasteiger partial charge is 0.383 e. The van der Waals surface area contributed by atoms with E-state index in [1.54, 1.807) is 7.11 Å². The first kappa shape index (κ1) is 15.8. The molecule has 0 aliphatic heterocycles. The Balaban J connectivity index is 2.36. The number of nitrogens with zero attached hydrogens (tertiary/aromatic N) is 4. The van der Waals surface area contributed by atoms with Crippen LogP contribution in [0.15, 0.2) is 29.4 Å². The van der Waals surface area contributed by atoms with Crippen molar-refractivity contribution in [3.63, 3.8) is 0 Å². The summed E-state index contributed by atoms with van der Waals surface area (Å²) < 4.78 is 7.10. The zero-order valence-corrected chi connectivity index (χ0v) is 13.4. The molecule has 2 rings (SSSR count). The molecule has 0 saturated carbocycles. The molecule has 1 atom stereocenters. The lowest BCUT2D eigenvalue weighted by atomic mass is 10.2. The first-order valence-corrected chi connectivity index (χ1v) is 7.66. The monoisotopic (exact) mass is 322 g/mol. The van der Waals surface area contributed by atoms with Crippen molar-refractivity contribution in [1.29, 1.82) is 5.26 Å². The predicted molar refractivity (Wildman–Crippen MR) is 83.3 cm³/mol. The van der Waals surface area contributed by atoms with Crippen LogP contribution in [0.2, 0.25) is 5.02 Å². The molecule has 7 heteroatoms. The van der Waals surface area contributed by atoms with Gasteiger partial charge < -0.3 is 4.74 Å². The summed E-state index contributed by atoms with van der Waals surface area (Å²) in [6.07, 6.45) is 0. The Bertz CT molecular complexity index is 635. The van der Waals surface area contributed by atoms with Crippen LogP contribution >= 0.6 is 23.4 Å². The van der Waals surface area contributed by atoms with E-state index in [0.717, 1.165) is 11.4 Å². The number of hydrogen-bond acceptors (Lipinski definition) is 5. The summed E-state index contributed by atoms with van der Waals surface area (Å²) in [5.74, 6) is 0.747. The van der Waals surface area contributed by atoms with E-state index in [1.165, 1.54) is 11.8 Å². The summed E-state index contributed by atoms with van der Waals surface area (Å²) in [4.78, 5) is 0. The van der Waals surface area contributed by atoms with Crippen LogP contribution in [0.4, 0.5) is 0 Å². The highest BCUT2D eigenvalue weighted by Gasteiger charge is 2.16. The van der Waals surface area contributed by atoms with Crippen molar-refractivity contribution in [3.8, 4) is 17.5 Å². The smallest absolute Gasteiger partial charge is 0.192 e. The molecule has 1 heterocycles. The second kappa shape index (κ2) is 7.46. The Kier molecular flexibility index (Phi) is 5.62. The van der Waals surface area contributed by atoms with Crippen molar-refractivity contribution in [1.82, 2.24) is 14.8 Å². The Hall–Kier alpha value is -1.55. The molecule has 0 fully saturated rings. The standard InChI is InChI=1S/C14H15ClN4OS/c1-10(9-16)21-14-18-17-13(19(14)7-8-20-2)11-3-5-12(15)6-4-11/h3-6,10H,7-8H2,1-2H3/t10-/m1/s1. The third-order valence-electron chi connectivity index (χ3n) is 2.80. The molecular formula is C14H15ClN4OS. The van der Waals surface area contributed by atoms with Crippen molar-refractivity contribution >= 4 is 23.4 Å². The molecule has 0 bridgehead atoms. The minimum atomic E-state index is -0.187. The molecule has 0 aliphatic carbocycles. The summed E-state index contributed by atoms with van der Waals surface area (Å²) in [7, 11) is 1.65. The highest BCUT2D eigenvalue weighted by molar-refractivity contribution is 8.00. The number of methoxy groups -OCH3 is 1. The lowest BCUT2D eigenvalue weighted by Crippen LogP contribution is -2.08. The molecule has 0 spiro atoms. The molecule has 5 nitrogen and oxygen atoms in total. The van der Waals surface area contributed by atoms with Crippen LogP contribution < -0.4 is 0 Å². The quantitative estimate of drug-likeness (QED) is 0.764. The average Bonchev–Trinajstić information content (AvgIpc) is 2.88. The zero-order valence-electron chi connectivity index (χ0n) is 11.8. The number of ether oxygens (including phenoxy) is 1. The van der Waals surface area contributed by atoms with Gasteiger partial charge in [-0.05, 0) is 31.2 Å². The van der Waals surface area contributed by atoms with E-state index < -0.39 is 0 Å². The van der Waals surface area contributed by atoms with Crippen molar-refractivity contribution in [3.05, 3.63) is 29.3 Å². The van der Waals surface area contributed by atoms with Gasteiger partial charge in [-0.1, -0.05) is 23.4 Å². The summed E-state index contributed by atoms with van der Waals surface area (Å²) in [5.41, 5.74) is 0.930. The van der Waals surface area contributed by atoms with Gasteiger partial charge in [0, 0.05) is 17.7 Å². The van der Waals surface area contributed by atoms with Crippen LogP contribution in [-0.2, 0) is 11.3 Å². The molecule has 0 unspecified atom stereocenters. The lowest BCUT2D eigenvalue weighted by Gasteiger charge is -2.10. The average molecular weight is 323 g/mol. The second-order valence-corrected chi connectivity index (χ2v) is 6.09. The summed E-state index contributed by atoms with van der Waals surface area (Å²) in [6.45, 7) is 3.01. The van der Waals surface area contributed by atoms with Crippen molar-refractivity contribution < 1.29 is 4.74 Å². The van der Waals surface area contributed by atoms with Gasteiger partial charge in [-0.25, -0.2) is 0 Å². The number of benzene rings is 1. The molecule has 0 radical (unpaired) electrons. The summed E-state index contributed by atoms with van der Waals surface area (Å²) in [5, 5.41) is 18.6. The van der Waals surface area contributed by atoms with Crippen LogP contribution in [-0.4, -0.2) is 33.7 Å². The van der Waals surface area contributed by atoms with Crippen LogP contribution in [0.1, 0.15) is 6.92 Å². The molecule has 0 saturated heterocycles. The fraction of sp³-hybridized carbons (Fsp3) is 0.357. The maximum Gasteiger partial charge on any atom is 0.192 e. The maximum absolute atomic E-state index is 8.95. The van der Waals surface area contributed by atoms with E-state index in [-0.39, 0.29) is 5.25 Å². The Morgan fingerprint density at radius 3 is 2.71 bits per heavy atom. The third kappa shape index (κ3) is 3.97. The Morgan fingerprint density at radius 1 is 1.38 bits per heavy atom. The van der Waals surface area contributed by atoms with Gasteiger partial charge in [0.05, 0.1) is 24.5 Å². The Labute approximate surface area is 132 Å². The van der Waals surface area contributed by atoms with Gasteiger partial charge in [-0.3, -0.25) is 4.57 Å². The molecule has 110 valence electrons. The first-order chi connectivity index (χ1) is 10.2. The molecule has 0 N–H and O–H groups in total. The molecule has 1 aromatic heterocycles. The van der Waals surface area contributed by atoms with Crippen LogP contribution in [0.25, 0.3) is 11.4 Å².